The minimum Gasteiger partial charge on any atom is -0.503 e. The molecule has 20 heavy (non-hydrogen) atoms. The van der Waals surface area contributed by atoms with Gasteiger partial charge in [-0.2, -0.15) is 13.2 Å². The van der Waals surface area contributed by atoms with Crippen LogP contribution in [0.2, 0.25) is 0 Å². The van der Waals surface area contributed by atoms with E-state index in [-0.39, 0.29) is 15.5 Å². The molecule has 0 saturated carbocycles. The van der Waals surface area contributed by atoms with Gasteiger partial charge in [-0.3, -0.25) is 10.2 Å². The van der Waals surface area contributed by atoms with Crippen molar-refractivity contribution in [1.82, 2.24) is 0 Å². The van der Waals surface area contributed by atoms with Gasteiger partial charge in [-0.1, -0.05) is 30.0 Å². The first-order valence-electron chi connectivity index (χ1n) is 5.55. The Labute approximate surface area is 117 Å². The van der Waals surface area contributed by atoms with E-state index in [1.807, 2.05) is 0 Å². The lowest BCUT2D eigenvalue weighted by atomic mass is 9.94. The zero-order valence-electron chi connectivity index (χ0n) is 10.3. The monoisotopic (exact) mass is 301 g/mol. The molecule has 1 aliphatic rings. The lowest BCUT2D eigenvalue weighted by molar-refractivity contribution is -0.137. The second-order valence-electron chi connectivity index (χ2n) is 4.10. The summed E-state index contributed by atoms with van der Waals surface area (Å²) in [5.41, 5.74) is -0.661. The van der Waals surface area contributed by atoms with Gasteiger partial charge >= 0.3 is 6.18 Å². The van der Waals surface area contributed by atoms with Gasteiger partial charge in [0, 0.05) is 0 Å². The van der Waals surface area contributed by atoms with E-state index in [4.69, 9.17) is 10.1 Å². The number of halogens is 3. The number of ether oxygens (including phenoxy) is 1. The Kier molecular flexibility index (Phi) is 3.89. The normalized spacial score (nSPS) is 21.6. The Morgan fingerprint density at radius 3 is 2.70 bits per heavy atom. The predicted molar refractivity (Wildman–Crippen MR) is 69.6 cm³/mol. The molecule has 1 aromatic rings. The number of carbonyl (C=O) groups is 1. The second-order valence-corrected chi connectivity index (χ2v) is 5.19. The molecule has 7 heteroatoms. The Hall–Kier alpha value is -1.76. The van der Waals surface area contributed by atoms with Crippen LogP contribution in [0.5, 0.6) is 0 Å². The molecule has 0 radical (unpaired) electrons. The summed E-state index contributed by atoms with van der Waals surface area (Å²) in [6.07, 6.45) is -3.27. The highest BCUT2D eigenvalue weighted by atomic mass is 32.2. The highest BCUT2D eigenvalue weighted by molar-refractivity contribution is 8.18. The molecule has 1 aliphatic heterocycles. The summed E-state index contributed by atoms with van der Waals surface area (Å²) < 4.78 is 42.7. The van der Waals surface area contributed by atoms with Crippen molar-refractivity contribution >= 4 is 22.6 Å². The molecule has 0 spiro atoms. The van der Waals surface area contributed by atoms with E-state index in [9.17, 15) is 18.0 Å². The minimum absolute atomic E-state index is 0.00220. The van der Waals surface area contributed by atoms with Gasteiger partial charge in [-0.05, 0) is 11.6 Å². The first-order chi connectivity index (χ1) is 9.34. The van der Waals surface area contributed by atoms with Gasteiger partial charge in [0.05, 0.1) is 28.5 Å². The van der Waals surface area contributed by atoms with Gasteiger partial charge in [-0.15, -0.1) is 0 Å². The molecule has 1 atom stereocenters. The maximum Gasteiger partial charge on any atom is 0.416 e. The number of benzene rings is 1. The summed E-state index contributed by atoms with van der Waals surface area (Å²) in [4.78, 5) is 12.3. The number of methoxy groups -OCH3 is 1. The molecule has 1 N–H and O–H groups in total. The maximum absolute atomic E-state index is 12.7. The molecule has 0 aromatic heterocycles. The van der Waals surface area contributed by atoms with E-state index in [0.717, 1.165) is 23.9 Å². The van der Waals surface area contributed by atoms with E-state index in [1.54, 1.807) is 0 Å². The van der Waals surface area contributed by atoms with Crippen LogP contribution in [0.3, 0.4) is 0 Å². The third-order valence-electron chi connectivity index (χ3n) is 2.76. The van der Waals surface area contributed by atoms with Crippen LogP contribution in [-0.4, -0.2) is 17.9 Å². The SMILES string of the molecule is COC=C1SC(=N)C(c2cccc(C(F)(F)F)c2)C1=O. The van der Waals surface area contributed by atoms with Crippen molar-refractivity contribution in [3.05, 3.63) is 46.6 Å². The Morgan fingerprint density at radius 2 is 2.10 bits per heavy atom. The first kappa shape index (κ1) is 14.6. The van der Waals surface area contributed by atoms with Crippen molar-refractivity contribution in [3.8, 4) is 0 Å². The smallest absolute Gasteiger partial charge is 0.416 e. The molecule has 1 heterocycles. The molecule has 0 aliphatic carbocycles. The third-order valence-corrected chi connectivity index (χ3v) is 3.73. The molecule has 3 nitrogen and oxygen atoms in total. The van der Waals surface area contributed by atoms with Crippen LogP contribution in [0.15, 0.2) is 35.4 Å². The number of hydrogen-bond acceptors (Lipinski definition) is 4. The van der Waals surface area contributed by atoms with Crippen molar-refractivity contribution in [1.29, 1.82) is 5.41 Å². The van der Waals surface area contributed by atoms with Crippen molar-refractivity contribution < 1.29 is 22.7 Å². The Bertz CT molecular complexity index is 596. The van der Waals surface area contributed by atoms with Crippen LogP contribution in [0.1, 0.15) is 17.0 Å². The molecule has 2 rings (SSSR count). The van der Waals surface area contributed by atoms with Crippen LogP contribution >= 0.6 is 11.8 Å². The van der Waals surface area contributed by atoms with Gasteiger partial charge in [0.15, 0.2) is 5.78 Å². The van der Waals surface area contributed by atoms with Gasteiger partial charge in [0.1, 0.15) is 6.26 Å². The van der Waals surface area contributed by atoms with Crippen LogP contribution in [0, 0.1) is 5.41 Å². The molecule has 1 saturated heterocycles. The average Bonchev–Trinajstić information content (AvgIpc) is 2.64. The van der Waals surface area contributed by atoms with E-state index < -0.39 is 23.4 Å². The van der Waals surface area contributed by atoms with Crippen molar-refractivity contribution in [2.75, 3.05) is 7.11 Å². The van der Waals surface area contributed by atoms with Crippen LogP contribution < -0.4 is 0 Å². The molecule has 1 unspecified atom stereocenters. The maximum atomic E-state index is 12.7. The largest absolute Gasteiger partial charge is 0.503 e. The molecule has 0 amide bonds. The number of carbonyl (C=O) groups excluding carboxylic acids is 1. The summed E-state index contributed by atoms with van der Waals surface area (Å²) in [6, 6.07) is 4.50. The van der Waals surface area contributed by atoms with Gasteiger partial charge in [0.2, 0.25) is 0 Å². The van der Waals surface area contributed by atoms with E-state index >= 15 is 0 Å². The van der Waals surface area contributed by atoms with Crippen molar-refractivity contribution in [2.24, 2.45) is 0 Å². The molecular weight excluding hydrogens is 291 g/mol. The second kappa shape index (κ2) is 5.32. The number of allylic oxidation sites excluding steroid dienone is 1. The lowest BCUT2D eigenvalue weighted by Gasteiger charge is -2.11. The quantitative estimate of drug-likeness (QED) is 0.671. The summed E-state index contributed by atoms with van der Waals surface area (Å²) >= 11 is 0.903. The highest BCUT2D eigenvalue weighted by Crippen LogP contribution is 2.41. The van der Waals surface area contributed by atoms with Crippen molar-refractivity contribution in [3.63, 3.8) is 0 Å². The third kappa shape index (κ3) is 2.72. The Balaban J connectivity index is 2.40. The van der Waals surface area contributed by atoms with E-state index in [2.05, 4.69) is 0 Å². The molecule has 106 valence electrons. The molecular formula is C13H10F3NO2S. The number of hydrogen-bond donors (Lipinski definition) is 1. The zero-order chi connectivity index (χ0) is 14.9. The summed E-state index contributed by atoms with van der Waals surface area (Å²) in [5.74, 6) is -1.40. The summed E-state index contributed by atoms with van der Waals surface area (Å²) in [6.45, 7) is 0. The van der Waals surface area contributed by atoms with Gasteiger partial charge in [-0.25, -0.2) is 0 Å². The number of Topliss-reactive ketones (excluding diaryl/α,β-unsaturated/α-hetero) is 1. The number of ketones is 1. The minimum atomic E-state index is -4.47. The van der Waals surface area contributed by atoms with E-state index in [0.29, 0.717) is 0 Å². The van der Waals surface area contributed by atoms with Crippen LogP contribution in [0.4, 0.5) is 13.2 Å². The molecule has 1 fully saturated rings. The summed E-state index contributed by atoms with van der Waals surface area (Å²) in [7, 11) is 1.36. The fourth-order valence-electron chi connectivity index (χ4n) is 1.88. The van der Waals surface area contributed by atoms with Crippen LogP contribution in [-0.2, 0) is 15.7 Å². The fraction of sp³-hybridized carbons (Fsp3) is 0.231. The average molecular weight is 301 g/mol. The first-order valence-corrected chi connectivity index (χ1v) is 6.37. The predicted octanol–water partition coefficient (Wildman–Crippen LogP) is 3.57. The standard InChI is InChI=1S/C13H10F3NO2S/c1-19-6-9-11(18)10(12(17)20-9)7-3-2-4-8(5-7)13(14,15)16/h2-6,10,17H,1H3. The van der Waals surface area contributed by atoms with Crippen LogP contribution in [0.25, 0.3) is 0 Å². The lowest BCUT2D eigenvalue weighted by Crippen LogP contribution is -2.13. The molecule has 0 bridgehead atoms. The topological polar surface area (TPSA) is 50.1 Å². The molecule has 1 aromatic carbocycles. The highest BCUT2D eigenvalue weighted by Gasteiger charge is 2.38. The summed E-state index contributed by atoms with van der Waals surface area (Å²) in [5, 5.41) is 7.77. The van der Waals surface area contributed by atoms with Crippen molar-refractivity contribution in [2.45, 2.75) is 12.1 Å². The number of thioether (sulfide) groups is 1. The van der Waals surface area contributed by atoms with E-state index in [1.165, 1.54) is 25.5 Å². The number of rotatable bonds is 2. The van der Waals surface area contributed by atoms with Gasteiger partial charge in [0.25, 0.3) is 0 Å². The van der Waals surface area contributed by atoms with Gasteiger partial charge < -0.3 is 4.74 Å². The fourth-order valence-corrected chi connectivity index (χ4v) is 2.84. The zero-order valence-corrected chi connectivity index (χ0v) is 11.1. The number of nitrogens with one attached hydrogen (secondary N) is 1. The number of alkyl halides is 3. The Morgan fingerprint density at radius 1 is 1.40 bits per heavy atom.